The topological polar surface area (TPSA) is 66.8 Å². The average Bonchev–Trinajstić information content (AvgIpc) is 2.77. The molecule has 0 unspecified atom stereocenters. The maximum atomic E-state index is 11.8. The largest absolute Gasteiger partial charge is 0.461 e. The van der Waals surface area contributed by atoms with Crippen molar-refractivity contribution in [1.29, 1.82) is 0 Å². The van der Waals surface area contributed by atoms with Crippen LogP contribution in [-0.4, -0.2) is 34.5 Å². The van der Waals surface area contributed by atoms with Crippen LogP contribution >= 0.6 is 0 Å². The molecule has 2 aliphatic carbocycles. The van der Waals surface area contributed by atoms with E-state index in [2.05, 4.69) is 6.58 Å². The molecule has 1 aliphatic heterocycles. The number of aliphatic hydroxyl groups excluding tert-OH is 2. The summed E-state index contributed by atoms with van der Waals surface area (Å²) in [4.78, 5) is 11.8. The summed E-state index contributed by atoms with van der Waals surface area (Å²) in [7, 11) is 0. The van der Waals surface area contributed by atoms with E-state index in [1.165, 1.54) is 0 Å². The van der Waals surface area contributed by atoms with Gasteiger partial charge in [-0.2, -0.15) is 0 Å². The molecule has 8 atom stereocenters. The molecule has 4 nitrogen and oxygen atoms in total. The molecule has 0 aromatic rings. The van der Waals surface area contributed by atoms with Crippen LogP contribution in [0.15, 0.2) is 12.2 Å². The summed E-state index contributed by atoms with van der Waals surface area (Å²) in [6.07, 6.45) is 0.0149. The Hall–Kier alpha value is -0.870. The van der Waals surface area contributed by atoms with Gasteiger partial charge in [-0.25, -0.2) is 0 Å². The molecular weight excluding hydrogens is 244 g/mol. The number of fused-ring (bicyclic) bond motifs is 3. The average molecular weight is 266 g/mol. The number of carbonyl (C=O) groups excluding carboxylic acids is 1. The Labute approximate surface area is 113 Å². The highest BCUT2D eigenvalue weighted by molar-refractivity contribution is 5.75. The van der Waals surface area contributed by atoms with Crippen LogP contribution < -0.4 is 0 Å². The van der Waals surface area contributed by atoms with Gasteiger partial charge in [-0.3, -0.25) is 4.79 Å². The highest BCUT2D eigenvalue weighted by atomic mass is 16.6. The Morgan fingerprint density at radius 1 is 1.26 bits per heavy atom. The van der Waals surface area contributed by atoms with Crippen molar-refractivity contribution in [3.8, 4) is 0 Å². The molecule has 1 heterocycles. The zero-order valence-electron chi connectivity index (χ0n) is 11.5. The van der Waals surface area contributed by atoms with Gasteiger partial charge in [-0.15, -0.1) is 0 Å². The number of hydrogen-bond acceptors (Lipinski definition) is 4. The van der Waals surface area contributed by atoms with E-state index in [1.807, 2.05) is 13.8 Å². The van der Waals surface area contributed by atoms with Crippen molar-refractivity contribution < 1.29 is 19.7 Å². The number of carbonyl (C=O) groups is 1. The Morgan fingerprint density at radius 2 is 1.95 bits per heavy atom. The van der Waals surface area contributed by atoms with Crippen LogP contribution in [0, 0.1) is 29.6 Å². The number of rotatable bonds is 0. The Morgan fingerprint density at radius 3 is 2.63 bits per heavy atom. The van der Waals surface area contributed by atoms with Gasteiger partial charge in [-0.1, -0.05) is 20.4 Å². The molecule has 4 heteroatoms. The van der Waals surface area contributed by atoms with Crippen molar-refractivity contribution in [2.75, 3.05) is 0 Å². The van der Waals surface area contributed by atoms with Gasteiger partial charge in [-0.05, 0) is 30.3 Å². The van der Waals surface area contributed by atoms with E-state index >= 15 is 0 Å². The zero-order chi connectivity index (χ0) is 13.9. The van der Waals surface area contributed by atoms with E-state index in [9.17, 15) is 15.0 Å². The van der Waals surface area contributed by atoms with Crippen LogP contribution in [-0.2, 0) is 9.53 Å². The van der Waals surface area contributed by atoms with Crippen molar-refractivity contribution in [2.24, 2.45) is 29.6 Å². The summed E-state index contributed by atoms with van der Waals surface area (Å²) in [5, 5.41) is 20.4. The molecule has 0 radical (unpaired) electrons. The number of hydrogen-bond donors (Lipinski definition) is 2. The molecule has 19 heavy (non-hydrogen) atoms. The molecule has 2 N–H and O–H groups in total. The summed E-state index contributed by atoms with van der Waals surface area (Å²) in [6, 6.07) is 0. The lowest BCUT2D eigenvalue weighted by Gasteiger charge is -2.29. The minimum atomic E-state index is -0.586. The number of ether oxygens (including phenoxy) is 1. The SMILES string of the molecule is C=C1[C@H](O)C[C@@H]2[C@H](OC(=O)[C@H]2C)[C@H]2[C@@H](C)[C@@H](O)C[C@@H]12. The molecule has 3 fully saturated rings. The fourth-order valence-electron chi connectivity index (χ4n) is 4.33. The number of aliphatic hydroxyl groups is 2. The predicted molar refractivity (Wildman–Crippen MR) is 69.1 cm³/mol. The molecular formula is C15H22O4. The minimum absolute atomic E-state index is 0.0435. The van der Waals surface area contributed by atoms with Crippen LogP contribution in [0.2, 0.25) is 0 Å². The molecule has 3 rings (SSSR count). The third-order valence-corrected chi connectivity index (χ3v) is 5.64. The molecule has 0 aromatic heterocycles. The summed E-state index contributed by atoms with van der Waals surface area (Å²) in [5.41, 5.74) is 0.811. The first-order chi connectivity index (χ1) is 8.91. The first-order valence-electron chi connectivity index (χ1n) is 7.17. The van der Waals surface area contributed by atoms with Gasteiger partial charge in [0.1, 0.15) is 6.10 Å². The molecule has 3 aliphatic rings. The second-order valence-corrected chi connectivity index (χ2v) is 6.53. The highest BCUT2D eigenvalue weighted by Gasteiger charge is 2.56. The van der Waals surface area contributed by atoms with Crippen molar-refractivity contribution in [3.05, 3.63) is 12.2 Å². The minimum Gasteiger partial charge on any atom is -0.461 e. The molecule has 106 valence electrons. The Bertz CT molecular complexity index is 418. The van der Waals surface area contributed by atoms with E-state index < -0.39 is 12.2 Å². The van der Waals surface area contributed by atoms with Gasteiger partial charge >= 0.3 is 5.97 Å². The smallest absolute Gasteiger partial charge is 0.309 e. The van der Waals surface area contributed by atoms with Crippen LogP contribution in [0.1, 0.15) is 26.7 Å². The van der Waals surface area contributed by atoms with Gasteiger partial charge < -0.3 is 14.9 Å². The second-order valence-electron chi connectivity index (χ2n) is 6.53. The van der Waals surface area contributed by atoms with Gasteiger partial charge in [0.05, 0.1) is 18.1 Å². The predicted octanol–water partition coefficient (Wildman–Crippen LogP) is 1.12. The van der Waals surface area contributed by atoms with E-state index in [-0.39, 0.29) is 41.7 Å². The molecule has 0 amide bonds. The van der Waals surface area contributed by atoms with Gasteiger partial charge in [0, 0.05) is 11.8 Å². The van der Waals surface area contributed by atoms with Crippen LogP contribution in [0.3, 0.4) is 0 Å². The van der Waals surface area contributed by atoms with Gasteiger partial charge in [0.2, 0.25) is 0 Å². The van der Waals surface area contributed by atoms with Crippen molar-refractivity contribution >= 4 is 5.97 Å². The standard InChI is InChI=1S/C15H22O4/c1-6-9-4-12(17)8(3)13(9)14-10(5-11(6)16)7(2)15(18)19-14/h7-14,16-17H,1,4-5H2,2-3H3/t7-,8-,9-,10-,11+,12-,13-,14-/m0/s1. The van der Waals surface area contributed by atoms with Crippen LogP contribution in [0.4, 0.5) is 0 Å². The molecule has 2 saturated carbocycles. The number of esters is 1. The summed E-state index contributed by atoms with van der Waals surface area (Å²) < 4.78 is 5.58. The van der Waals surface area contributed by atoms with Crippen molar-refractivity contribution in [2.45, 2.75) is 45.0 Å². The molecule has 1 saturated heterocycles. The fraction of sp³-hybridized carbons (Fsp3) is 0.800. The van der Waals surface area contributed by atoms with Crippen molar-refractivity contribution in [1.82, 2.24) is 0 Å². The van der Waals surface area contributed by atoms with E-state index in [1.54, 1.807) is 0 Å². The van der Waals surface area contributed by atoms with E-state index in [4.69, 9.17) is 4.74 Å². The molecule has 0 aromatic carbocycles. The normalized spacial score (nSPS) is 53.5. The van der Waals surface area contributed by atoms with E-state index in [0.29, 0.717) is 12.8 Å². The summed E-state index contributed by atoms with van der Waals surface area (Å²) in [5.74, 6) is -0.0514. The quantitative estimate of drug-likeness (QED) is 0.509. The lowest BCUT2D eigenvalue weighted by Crippen LogP contribution is -2.33. The maximum Gasteiger partial charge on any atom is 0.309 e. The van der Waals surface area contributed by atoms with Gasteiger partial charge in [0.15, 0.2) is 0 Å². The third-order valence-electron chi connectivity index (χ3n) is 5.64. The van der Waals surface area contributed by atoms with Crippen LogP contribution in [0.25, 0.3) is 0 Å². The first-order valence-corrected chi connectivity index (χ1v) is 7.17. The monoisotopic (exact) mass is 266 g/mol. The summed E-state index contributed by atoms with van der Waals surface area (Å²) in [6.45, 7) is 7.92. The first kappa shape index (κ1) is 13.1. The Kier molecular flexibility index (Phi) is 2.98. The van der Waals surface area contributed by atoms with Crippen LogP contribution in [0.5, 0.6) is 0 Å². The third kappa shape index (κ3) is 1.77. The molecule has 0 spiro atoms. The molecule has 0 bridgehead atoms. The fourth-order valence-corrected chi connectivity index (χ4v) is 4.33. The second kappa shape index (κ2) is 4.32. The lowest BCUT2D eigenvalue weighted by molar-refractivity contribution is -0.146. The van der Waals surface area contributed by atoms with Gasteiger partial charge in [0.25, 0.3) is 0 Å². The lowest BCUT2D eigenvalue weighted by atomic mass is 9.78. The Balaban J connectivity index is 2.00. The summed E-state index contributed by atoms with van der Waals surface area (Å²) >= 11 is 0. The maximum absolute atomic E-state index is 11.8. The van der Waals surface area contributed by atoms with E-state index in [0.717, 1.165) is 5.57 Å². The van der Waals surface area contributed by atoms with Crippen molar-refractivity contribution in [3.63, 3.8) is 0 Å². The highest BCUT2D eigenvalue weighted by Crippen LogP contribution is 2.52. The zero-order valence-corrected chi connectivity index (χ0v) is 11.5.